The van der Waals surface area contributed by atoms with E-state index in [9.17, 15) is 4.79 Å². The van der Waals surface area contributed by atoms with Crippen LogP contribution in [0.4, 0.5) is 11.6 Å². The van der Waals surface area contributed by atoms with Gasteiger partial charge in [-0.2, -0.15) is 0 Å². The lowest BCUT2D eigenvalue weighted by Gasteiger charge is -2.35. The standard InChI is InChI=1S/C25H29N5O2S/c1-18-7-3-5-9-21(18)30-24(28-13-15-32-16-14-28)26-27-25(30)33-17-23(31)29-19(2)11-12-20-8-4-6-10-22(20)29/h3-10,19H,11-17H2,1-2H3. The van der Waals surface area contributed by atoms with E-state index in [1.807, 2.05) is 29.2 Å². The Kier molecular flexibility index (Phi) is 6.37. The fourth-order valence-electron chi connectivity index (χ4n) is 4.61. The highest BCUT2D eigenvalue weighted by Gasteiger charge is 2.29. The van der Waals surface area contributed by atoms with Gasteiger partial charge in [0.1, 0.15) is 0 Å². The van der Waals surface area contributed by atoms with Crippen molar-refractivity contribution in [2.24, 2.45) is 0 Å². The second kappa shape index (κ2) is 9.57. The summed E-state index contributed by atoms with van der Waals surface area (Å²) >= 11 is 1.45. The lowest BCUT2D eigenvalue weighted by Crippen LogP contribution is -2.43. The average Bonchev–Trinajstić information content (AvgIpc) is 3.27. The van der Waals surface area contributed by atoms with Gasteiger partial charge in [0.25, 0.3) is 0 Å². The molecule has 3 aromatic rings. The third-order valence-corrected chi connectivity index (χ3v) is 7.30. The summed E-state index contributed by atoms with van der Waals surface area (Å²) in [5, 5.41) is 9.78. The summed E-state index contributed by atoms with van der Waals surface area (Å²) in [6, 6.07) is 16.6. The SMILES string of the molecule is Cc1ccccc1-n1c(SCC(=O)N2c3ccccc3CCC2C)nnc1N1CCOCC1. The second-order valence-electron chi connectivity index (χ2n) is 8.57. The molecule has 0 spiro atoms. The zero-order valence-electron chi connectivity index (χ0n) is 19.1. The molecule has 0 N–H and O–H groups in total. The zero-order valence-corrected chi connectivity index (χ0v) is 19.9. The molecule has 7 nitrogen and oxygen atoms in total. The lowest BCUT2D eigenvalue weighted by molar-refractivity contribution is -0.116. The number of hydrogen-bond acceptors (Lipinski definition) is 6. The van der Waals surface area contributed by atoms with Gasteiger partial charge in [0.2, 0.25) is 11.9 Å². The molecular weight excluding hydrogens is 434 g/mol. The van der Waals surface area contributed by atoms with Crippen LogP contribution in [0.2, 0.25) is 0 Å². The fraction of sp³-hybridized carbons (Fsp3) is 0.400. The van der Waals surface area contributed by atoms with Gasteiger partial charge >= 0.3 is 0 Å². The van der Waals surface area contributed by atoms with E-state index in [1.54, 1.807) is 0 Å². The van der Waals surface area contributed by atoms with Crippen molar-refractivity contribution < 1.29 is 9.53 Å². The van der Waals surface area contributed by atoms with Crippen LogP contribution in [-0.2, 0) is 16.0 Å². The van der Waals surface area contributed by atoms with Gasteiger partial charge in [-0.1, -0.05) is 48.2 Å². The highest BCUT2D eigenvalue weighted by Crippen LogP contribution is 2.33. The molecule has 172 valence electrons. The first-order chi connectivity index (χ1) is 16.1. The van der Waals surface area contributed by atoms with Crippen molar-refractivity contribution in [3.63, 3.8) is 0 Å². The van der Waals surface area contributed by atoms with E-state index in [0.717, 1.165) is 54.0 Å². The van der Waals surface area contributed by atoms with Crippen LogP contribution in [0.25, 0.3) is 5.69 Å². The first kappa shape index (κ1) is 22.0. The summed E-state index contributed by atoms with van der Waals surface area (Å²) < 4.78 is 7.62. The molecule has 8 heteroatoms. The maximum atomic E-state index is 13.4. The second-order valence-corrected chi connectivity index (χ2v) is 9.52. The Morgan fingerprint density at radius 1 is 1.06 bits per heavy atom. The van der Waals surface area contributed by atoms with Gasteiger partial charge in [0.05, 0.1) is 24.7 Å². The van der Waals surface area contributed by atoms with E-state index in [1.165, 1.54) is 17.3 Å². The Balaban J connectivity index is 1.43. The molecule has 1 amide bonds. The summed E-state index contributed by atoms with van der Waals surface area (Å²) in [5.74, 6) is 1.22. The van der Waals surface area contributed by atoms with E-state index >= 15 is 0 Å². The number of morpholine rings is 1. The number of carbonyl (C=O) groups excluding carboxylic acids is 1. The molecule has 0 aliphatic carbocycles. The van der Waals surface area contributed by atoms with E-state index in [0.29, 0.717) is 19.0 Å². The summed E-state index contributed by atoms with van der Waals surface area (Å²) in [4.78, 5) is 17.6. The smallest absolute Gasteiger partial charge is 0.237 e. The summed E-state index contributed by atoms with van der Waals surface area (Å²) in [6.07, 6.45) is 1.99. The molecular formula is C25H29N5O2S. The van der Waals surface area contributed by atoms with Crippen LogP contribution in [0.1, 0.15) is 24.5 Å². The Morgan fingerprint density at radius 3 is 2.58 bits per heavy atom. The molecule has 1 unspecified atom stereocenters. The number of amides is 1. The highest BCUT2D eigenvalue weighted by atomic mass is 32.2. The maximum Gasteiger partial charge on any atom is 0.237 e. The number of carbonyl (C=O) groups is 1. The van der Waals surface area contributed by atoms with E-state index in [-0.39, 0.29) is 11.9 Å². The molecule has 1 saturated heterocycles. The predicted molar refractivity (Wildman–Crippen MR) is 132 cm³/mol. The molecule has 0 saturated carbocycles. The third-order valence-electron chi connectivity index (χ3n) is 6.38. The molecule has 0 bridgehead atoms. The van der Waals surface area contributed by atoms with Crippen LogP contribution in [0.15, 0.2) is 53.7 Å². The number of ether oxygens (including phenoxy) is 1. The number of aryl methyl sites for hydroxylation is 2. The van der Waals surface area contributed by atoms with Crippen molar-refractivity contribution >= 4 is 29.3 Å². The topological polar surface area (TPSA) is 63.5 Å². The minimum atomic E-state index is 0.104. The summed E-state index contributed by atoms with van der Waals surface area (Å²) in [5.41, 5.74) is 4.46. The number of fused-ring (bicyclic) bond motifs is 1. The quantitative estimate of drug-likeness (QED) is 0.535. The highest BCUT2D eigenvalue weighted by molar-refractivity contribution is 7.99. The van der Waals surface area contributed by atoms with Crippen molar-refractivity contribution in [1.29, 1.82) is 0 Å². The van der Waals surface area contributed by atoms with Crippen LogP contribution in [-0.4, -0.2) is 58.8 Å². The molecule has 2 aliphatic heterocycles. The summed E-state index contributed by atoms with van der Waals surface area (Å²) in [6.45, 7) is 7.11. The number of anilines is 2. The van der Waals surface area contributed by atoms with Gasteiger partial charge in [0, 0.05) is 24.8 Å². The van der Waals surface area contributed by atoms with Crippen molar-refractivity contribution in [2.45, 2.75) is 37.9 Å². The number of aromatic nitrogens is 3. The van der Waals surface area contributed by atoms with Gasteiger partial charge in [-0.15, -0.1) is 10.2 Å². The normalized spacial score (nSPS) is 18.3. The largest absolute Gasteiger partial charge is 0.378 e. The molecule has 1 fully saturated rings. The predicted octanol–water partition coefficient (Wildman–Crippen LogP) is 3.87. The number of nitrogens with zero attached hydrogens (tertiary/aromatic N) is 5. The van der Waals surface area contributed by atoms with Crippen molar-refractivity contribution in [3.05, 3.63) is 59.7 Å². The Hall–Kier alpha value is -2.84. The maximum absolute atomic E-state index is 13.4. The minimum Gasteiger partial charge on any atom is -0.378 e. The Labute approximate surface area is 198 Å². The van der Waals surface area contributed by atoms with Crippen LogP contribution < -0.4 is 9.80 Å². The van der Waals surface area contributed by atoms with Crippen molar-refractivity contribution in [3.8, 4) is 5.69 Å². The molecule has 2 aromatic carbocycles. The average molecular weight is 464 g/mol. The van der Waals surface area contributed by atoms with Crippen LogP contribution in [0.5, 0.6) is 0 Å². The molecule has 0 radical (unpaired) electrons. The molecule has 33 heavy (non-hydrogen) atoms. The number of hydrogen-bond donors (Lipinski definition) is 0. The van der Waals surface area contributed by atoms with E-state index in [4.69, 9.17) is 4.74 Å². The van der Waals surface area contributed by atoms with Gasteiger partial charge in [-0.3, -0.25) is 9.36 Å². The van der Waals surface area contributed by atoms with Gasteiger partial charge in [-0.25, -0.2) is 0 Å². The molecule has 1 aromatic heterocycles. The molecule has 1 atom stereocenters. The van der Waals surface area contributed by atoms with E-state index in [2.05, 4.69) is 57.8 Å². The number of benzene rings is 2. The first-order valence-corrected chi connectivity index (χ1v) is 12.5. The fourth-order valence-corrected chi connectivity index (χ4v) is 5.41. The number of thioether (sulfide) groups is 1. The van der Waals surface area contributed by atoms with Gasteiger partial charge in [-0.05, 0) is 49.9 Å². The Morgan fingerprint density at radius 2 is 1.79 bits per heavy atom. The summed E-state index contributed by atoms with van der Waals surface area (Å²) in [7, 11) is 0. The minimum absolute atomic E-state index is 0.104. The van der Waals surface area contributed by atoms with Crippen LogP contribution >= 0.6 is 11.8 Å². The molecule has 3 heterocycles. The lowest BCUT2D eigenvalue weighted by atomic mass is 9.97. The number of para-hydroxylation sites is 2. The van der Waals surface area contributed by atoms with Gasteiger partial charge in [0.15, 0.2) is 5.16 Å². The zero-order chi connectivity index (χ0) is 22.8. The van der Waals surface area contributed by atoms with Crippen LogP contribution in [0.3, 0.4) is 0 Å². The van der Waals surface area contributed by atoms with Crippen LogP contribution in [0, 0.1) is 6.92 Å². The molecule has 2 aliphatic rings. The molecule has 5 rings (SSSR count). The Bertz CT molecular complexity index is 1140. The first-order valence-electron chi connectivity index (χ1n) is 11.5. The van der Waals surface area contributed by atoms with E-state index < -0.39 is 0 Å². The van der Waals surface area contributed by atoms with Gasteiger partial charge < -0.3 is 14.5 Å². The van der Waals surface area contributed by atoms with Crippen molar-refractivity contribution in [2.75, 3.05) is 41.9 Å². The number of rotatable bonds is 5. The third kappa shape index (κ3) is 4.37. The monoisotopic (exact) mass is 463 g/mol. The van der Waals surface area contributed by atoms with Crippen molar-refractivity contribution in [1.82, 2.24) is 14.8 Å².